The summed E-state index contributed by atoms with van der Waals surface area (Å²) >= 11 is 0. The molecule has 17 heavy (non-hydrogen) atoms. The number of nitrogens with one attached hydrogen (secondary N) is 1. The highest BCUT2D eigenvalue weighted by Gasteiger charge is 2.26. The predicted molar refractivity (Wildman–Crippen MR) is 61.8 cm³/mol. The highest BCUT2D eigenvalue weighted by atomic mass is 32.2. The zero-order chi connectivity index (χ0) is 12.5. The second-order valence-corrected chi connectivity index (χ2v) is 6.02. The lowest BCUT2D eigenvalue weighted by Gasteiger charge is -2.15. The molecule has 7 nitrogen and oxygen atoms in total. The van der Waals surface area contributed by atoms with Gasteiger partial charge in [-0.3, -0.25) is 0 Å². The van der Waals surface area contributed by atoms with Gasteiger partial charge in [-0.2, -0.15) is 0 Å². The molecule has 96 valence electrons. The van der Waals surface area contributed by atoms with E-state index in [1.807, 2.05) is 7.05 Å². The molecule has 1 N–H and O–H groups in total. The van der Waals surface area contributed by atoms with Gasteiger partial charge in [0, 0.05) is 26.2 Å². The van der Waals surface area contributed by atoms with E-state index in [2.05, 4.69) is 19.9 Å². The molecule has 0 aromatic carbocycles. The molecule has 0 saturated heterocycles. The van der Waals surface area contributed by atoms with Crippen molar-refractivity contribution < 1.29 is 8.42 Å². The molecule has 1 heterocycles. The molecule has 0 radical (unpaired) electrons. The standard InChI is InChI=1S/C9H17N5O2S/c1-13(8-3-4-8)6-5-11-17(15,16)9-7-10-12-14(9)2/h7-8,11H,3-6H2,1-2H3. The van der Waals surface area contributed by atoms with Crippen LogP contribution in [0.3, 0.4) is 0 Å². The Bertz CT molecular complexity index is 479. The monoisotopic (exact) mass is 259 g/mol. The Labute approximate surface area is 101 Å². The van der Waals surface area contributed by atoms with Gasteiger partial charge in [-0.15, -0.1) is 5.10 Å². The number of nitrogens with zero attached hydrogens (tertiary/aromatic N) is 4. The minimum absolute atomic E-state index is 0.0894. The molecule has 1 saturated carbocycles. The van der Waals surface area contributed by atoms with Gasteiger partial charge in [0.2, 0.25) is 0 Å². The Morgan fingerprint density at radius 3 is 2.82 bits per heavy atom. The van der Waals surface area contributed by atoms with Gasteiger partial charge in [0.05, 0.1) is 6.20 Å². The van der Waals surface area contributed by atoms with Crippen LogP contribution in [0.5, 0.6) is 0 Å². The van der Waals surface area contributed by atoms with Crippen molar-refractivity contribution in [2.45, 2.75) is 23.9 Å². The Balaban J connectivity index is 1.87. The van der Waals surface area contributed by atoms with Crippen molar-refractivity contribution in [2.75, 3.05) is 20.1 Å². The normalized spacial score (nSPS) is 16.6. The summed E-state index contributed by atoms with van der Waals surface area (Å²) in [7, 11) is 0.0777. The summed E-state index contributed by atoms with van der Waals surface area (Å²) < 4.78 is 27.5. The summed E-state index contributed by atoms with van der Waals surface area (Å²) in [5, 5.41) is 7.24. The molecule has 2 rings (SSSR count). The number of hydrogen-bond donors (Lipinski definition) is 1. The van der Waals surface area contributed by atoms with Gasteiger partial charge in [0.1, 0.15) is 0 Å². The van der Waals surface area contributed by atoms with Gasteiger partial charge >= 0.3 is 0 Å². The maximum atomic E-state index is 11.9. The maximum Gasteiger partial charge on any atom is 0.259 e. The SMILES string of the molecule is CN(CCNS(=O)(=O)c1cnnn1C)C1CC1. The van der Waals surface area contributed by atoms with Crippen LogP contribution in [-0.2, 0) is 17.1 Å². The number of aryl methyl sites for hydroxylation is 1. The van der Waals surface area contributed by atoms with Crippen molar-refractivity contribution in [3.05, 3.63) is 6.20 Å². The zero-order valence-corrected chi connectivity index (χ0v) is 10.8. The van der Waals surface area contributed by atoms with Crippen LogP contribution in [0.1, 0.15) is 12.8 Å². The van der Waals surface area contributed by atoms with Crippen LogP contribution in [0.4, 0.5) is 0 Å². The van der Waals surface area contributed by atoms with Crippen molar-refractivity contribution in [3.8, 4) is 0 Å². The molecule has 0 spiro atoms. The summed E-state index contributed by atoms with van der Waals surface area (Å²) in [5.74, 6) is 0. The number of hydrogen-bond acceptors (Lipinski definition) is 5. The lowest BCUT2D eigenvalue weighted by atomic mass is 10.5. The summed E-state index contributed by atoms with van der Waals surface area (Å²) in [4.78, 5) is 2.17. The van der Waals surface area contributed by atoms with E-state index < -0.39 is 10.0 Å². The van der Waals surface area contributed by atoms with Crippen molar-refractivity contribution in [1.82, 2.24) is 24.6 Å². The minimum atomic E-state index is -3.49. The Morgan fingerprint density at radius 2 is 2.29 bits per heavy atom. The highest BCUT2D eigenvalue weighted by Crippen LogP contribution is 2.24. The largest absolute Gasteiger partial charge is 0.302 e. The summed E-state index contributed by atoms with van der Waals surface area (Å²) in [6, 6.07) is 0.637. The first-order chi connectivity index (χ1) is 8.00. The third kappa shape index (κ3) is 3.02. The fraction of sp³-hybridized carbons (Fsp3) is 0.778. The van der Waals surface area contributed by atoms with Crippen LogP contribution in [-0.4, -0.2) is 54.5 Å². The molecule has 1 aromatic heterocycles. The molecule has 0 unspecified atom stereocenters. The molecule has 0 bridgehead atoms. The fourth-order valence-corrected chi connectivity index (χ4v) is 2.73. The molecule has 1 aromatic rings. The van der Waals surface area contributed by atoms with Gasteiger partial charge in [0.25, 0.3) is 10.0 Å². The third-order valence-electron chi connectivity index (χ3n) is 2.88. The topological polar surface area (TPSA) is 80.1 Å². The lowest BCUT2D eigenvalue weighted by Crippen LogP contribution is -2.34. The predicted octanol–water partition coefficient (Wildman–Crippen LogP) is -0.812. The number of sulfonamides is 1. The third-order valence-corrected chi connectivity index (χ3v) is 4.38. The van der Waals surface area contributed by atoms with E-state index in [0.717, 1.165) is 6.54 Å². The van der Waals surface area contributed by atoms with Gasteiger partial charge in [0.15, 0.2) is 5.03 Å². The smallest absolute Gasteiger partial charge is 0.259 e. The van der Waals surface area contributed by atoms with Crippen molar-refractivity contribution in [3.63, 3.8) is 0 Å². The van der Waals surface area contributed by atoms with Crippen molar-refractivity contribution >= 4 is 10.0 Å². The molecule has 0 atom stereocenters. The average molecular weight is 259 g/mol. The molecule has 1 aliphatic carbocycles. The molecule has 1 aliphatic rings. The average Bonchev–Trinajstić information content (AvgIpc) is 3.01. The summed E-state index contributed by atoms with van der Waals surface area (Å²) in [6.45, 7) is 1.12. The second-order valence-electron chi connectivity index (χ2n) is 4.31. The Hall–Kier alpha value is -0.990. The maximum absolute atomic E-state index is 11.9. The Morgan fingerprint density at radius 1 is 1.59 bits per heavy atom. The van der Waals surface area contributed by atoms with E-state index in [1.54, 1.807) is 7.05 Å². The van der Waals surface area contributed by atoms with Crippen LogP contribution in [0, 0.1) is 0 Å². The molecule has 0 amide bonds. The first-order valence-electron chi connectivity index (χ1n) is 5.55. The number of likely N-dealkylation sites (N-methyl/N-ethyl adjacent to an activating group) is 1. The van der Waals surface area contributed by atoms with E-state index in [9.17, 15) is 8.42 Å². The first-order valence-corrected chi connectivity index (χ1v) is 7.03. The van der Waals surface area contributed by atoms with E-state index in [0.29, 0.717) is 12.6 Å². The second kappa shape index (κ2) is 4.71. The van der Waals surface area contributed by atoms with E-state index in [1.165, 1.54) is 23.7 Å². The fourth-order valence-electron chi connectivity index (χ4n) is 1.65. The van der Waals surface area contributed by atoms with Gasteiger partial charge < -0.3 is 4.90 Å². The van der Waals surface area contributed by atoms with Crippen LogP contribution < -0.4 is 4.72 Å². The van der Waals surface area contributed by atoms with Crippen molar-refractivity contribution in [1.29, 1.82) is 0 Å². The van der Waals surface area contributed by atoms with Crippen LogP contribution in [0.2, 0.25) is 0 Å². The molecule has 8 heteroatoms. The molecular weight excluding hydrogens is 242 g/mol. The van der Waals surface area contributed by atoms with E-state index in [4.69, 9.17) is 0 Å². The van der Waals surface area contributed by atoms with Crippen LogP contribution in [0.25, 0.3) is 0 Å². The van der Waals surface area contributed by atoms with Gasteiger partial charge in [-0.25, -0.2) is 17.8 Å². The minimum Gasteiger partial charge on any atom is -0.302 e. The first kappa shape index (κ1) is 12.5. The van der Waals surface area contributed by atoms with Gasteiger partial charge in [-0.1, -0.05) is 5.21 Å². The van der Waals surface area contributed by atoms with Crippen molar-refractivity contribution in [2.24, 2.45) is 7.05 Å². The zero-order valence-electron chi connectivity index (χ0n) is 10.00. The summed E-state index contributed by atoms with van der Waals surface area (Å²) in [6.07, 6.45) is 3.68. The van der Waals surface area contributed by atoms with Gasteiger partial charge in [-0.05, 0) is 19.9 Å². The van der Waals surface area contributed by atoms with E-state index in [-0.39, 0.29) is 5.03 Å². The van der Waals surface area contributed by atoms with Crippen LogP contribution >= 0.6 is 0 Å². The molecule has 1 fully saturated rings. The molecular formula is C9H17N5O2S. The van der Waals surface area contributed by atoms with Crippen LogP contribution in [0.15, 0.2) is 11.2 Å². The number of rotatable bonds is 6. The lowest BCUT2D eigenvalue weighted by molar-refractivity contribution is 0.329. The summed E-state index contributed by atoms with van der Waals surface area (Å²) in [5.41, 5.74) is 0. The number of aromatic nitrogens is 3. The Kier molecular flexibility index (Phi) is 3.45. The molecule has 0 aliphatic heterocycles. The highest BCUT2D eigenvalue weighted by molar-refractivity contribution is 7.89. The van der Waals surface area contributed by atoms with E-state index >= 15 is 0 Å². The quantitative estimate of drug-likeness (QED) is 0.722.